The molecule has 0 saturated heterocycles. The van der Waals surface area contributed by atoms with Gasteiger partial charge in [-0.2, -0.15) is 13.5 Å². The summed E-state index contributed by atoms with van der Waals surface area (Å²) < 4.78 is 32.5. The molecule has 1 unspecified atom stereocenters. The minimum atomic E-state index is -4.04. The average Bonchev–Trinajstić information content (AvgIpc) is 3.03. The third-order valence-electron chi connectivity index (χ3n) is 7.20. The fraction of sp³-hybridized carbons (Fsp3) is 0.458. The van der Waals surface area contributed by atoms with E-state index in [0.717, 1.165) is 47.5 Å². The second kappa shape index (κ2) is 8.13. The van der Waals surface area contributed by atoms with Gasteiger partial charge in [0.15, 0.2) is 10.9 Å². The molecule has 1 N–H and O–H groups in total. The van der Waals surface area contributed by atoms with E-state index >= 15 is 0 Å². The van der Waals surface area contributed by atoms with Crippen LogP contribution < -0.4 is 4.18 Å². The molecule has 176 valence electrons. The van der Waals surface area contributed by atoms with Gasteiger partial charge in [0.2, 0.25) is 0 Å². The van der Waals surface area contributed by atoms with E-state index in [0.29, 0.717) is 10.6 Å². The minimum absolute atomic E-state index is 0.0791. The van der Waals surface area contributed by atoms with Crippen molar-refractivity contribution in [2.24, 2.45) is 5.10 Å². The van der Waals surface area contributed by atoms with Crippen LogP contribution in [0.3, 0.4) is 0 Å². The van der Waals surface area contributed by atoms with Crippen molar-refractivity contribution >= 4 is 27.0 Å². The minimum Gasteiger partial charge on any atom is -0.508 e. The van der Waals surface area contributed by atoms with E-state index in [2.05, 4.69) is 5.10 Å². The molecule has 6 rings (SSSR count). The van der Waals surface area contributed by atoms with Crippen molar-refractivity contribution in [3.8, 4) is 11.5 Å². The van der Waals surface area contributed by atoms with Crippen molar-refractivity contribution in [3.05, 3.63) is 47.0 Å². The van der Waals surface area contributed by atoms with Gasteiger partial charge in [-0.05, 0) is 81.3 Å². The Morgan fingerprint density at radius 1 is 1.06 bits per heavy atom. The molecule has 1 heterocycles. The van der Waals surface area contributed by atoms with Crippen molar-refractivity contribution in [1.82, 2.24) is 9.91 Å². The summed E-state index contributed by atoms with van der Waals surface area (Å²) in [5.74, 6) is 1.00. The van der Waals surface area contributed by atoms with Gasteiger partial charge in [-0.1, -0.05) is 17.7 Å². The Kier molecular flexibility index (Phi) is 5.52. The van der Waals surface area contributed by atoms with Gasteiger partial charge in [-0.15, -0.1) is 0 Å². The highest BCUT2D eigenvalue weighted by molar-refractivity contribution is 8.14. The van der Waals surface area contributed by atoms with Crippen LogP contribution in [0.2, 0.25) is 0 Å². The summed E-state index contributed by atoms with van der Waals surface area (Å²) in [4.78, 5) is 2.71. The number of hydrogen-bond acceptors (Lipinski definition) is 8. The number of phenols is 1. The predicted octanol–water partition coefficient (Wildman–Crippen LogP) is 4.81. The van der Waals surface area contributed by atoms with Gasteiger partial charge in [-0.25, -0.2) is 0 Å². The molecule has 1 saturated carbocycles. The van der Waals surface area contributed by atoms with E-state index in [1.165, 1.54) is 11.8 Å². The lowest BCUT2D eigenvalue weighted by molar-refractivity contribution is 0.200. The Morgan fingerprint density at radius 2 is 1.67 bits per heavy atom. The lowest BCUT2D eigenvalue weighted by atomic mass is 9.66. The maximum atomic E-state index is 13.3. The number of hydrazone groups is 1. The summed E-state index contributed by atoms with van der Waals surface area (Å²) in [6.45, 7) is 3.95. The summed E-state index contributed by atoms with van der Waals surface area (Å²) in [5.41, 5.74) is 2.70. The van der Waals surface area contributed by atoms with E-state index in [1.807, 2.05) is 37.9 Å². The second-order valence-corrected chi connectivity index (χ2v) is 11.8. The molecule has 2 aromatic carbocycles. The number of fused-ring (bicyclic) bond motifs is 2. The van der Waals surface area contributed by atoms with Crippen molar-refractivity contribution < 1.29 is 17.7 Å². The third-order valence-corrected chi connectivity index (χ3v) is 9.51. The summed E-state index contributed by atoms with van der Waals surface area (Å²) >= 11 is 1.33. The van der Waals surface area contributed by atoms with Crippen LogP contribution in [0.1, 0.15) is 61.1 Å². The van der Waals surface area contributed by atoms with Crippen molar-refractivity contribution in [2.75, 3.05) is 14.1 Å². The summed E-state index contributed by atoms with van der Waals surface area (Å²) in [6.07, 6.45) is 4.06. The summed E-state index contributed by atoms with van der Waals surface area (Å²) in [7, 11) is -0.195. The number of phenolic OH excluding ortho intramolecular Hbond substituents is 1. The highest BCUT2D eigenvalue weighted by atomic mass is 32.2. The van der Waals surface area contributed by atoms with E-state index in [1.54, 1.807) is 30.3 Å². The number of benzene rings is 2. The Hall–Kier alpha value is -2.39. The van der Waals surface area contributed by atoms with Gasteiger partial charge in [-0.3, -0.25) is 5.01 Å². The van der Waals surface area contributed by atoms with Crippen LogP contribution in [0.5, 0.6) is 11.5 Å². The number of thioether (sulfide) groups is 1. The van der Waals surface area contributed by atoms with Gasteiger partial charge < -0.3 is 14.2 Å². The highest BCUT2D eigenvalue weighted by Crippen LogP contribution is 2.57. The van der Waals surface area contributed by atoms with Gasteiger partial charge >= 0.3 is 10.1 Å². The van der Waals surface area contributed by atoms with Crippen LogP contribution in [0, 0.1) is 6.92 Å². The van der Waals surface area contributed by atoms with Crippen LogP contribution in [-0.2, 0) is 10.1 Å². The number of hydrogen-bond donors (Lipinski definition) is 1. The Balaban J connectivity index is 1.62. The van der Waals surface area contributed by atoms with E-state index < -0.39 is 10.1 Å². The first-order valence-electron chi connectivity index (χ1n) is 11.3. The van der Waals surface area contributed by atoms with Crippen LogP contribution in [0.4, 0.5) is 0 Å². The number of rotatable bonds is 4. The number of amidine groups is 1. The van der Waals surface area contributed by atoms with Crippen LogP contribution in [0.15, 0.2) is 45.2 Å². The molecule has 0 radical (unpaired) electrons. The monoisotopic (exact) mass is 487 g/mol. The topological polar surface area (TPSA) is 82.4 Å². The Labute approximate surface area is 199 Å². The smallest absolute Gasteiger partial charge is 0.339 e. The molecule has 1 aliphatic heterocycles. The lowest BCUT2D eigenvalue weighted by Crippen LogP contribution is -2.34. The van der Waals surface area contributed by atoms with Gasteiger partial charge in [0.1, 0.15) is 16.8 Å². The van der Waals surface area contributed by atoms with Crippen LogP contribution in [-0.4, -0.2) is 48.9 Å². The number of aromatic hydroxyl groups is 1. The lowest BCUT2D eigenvalue weighted by Gasteiger charge is -2.39. The largest absolute Gasteiger partial charge is 0.508 e. The average molecular weight is 488 g/mol. The second-order valence-electron chi connectivity index (χ2n) is 9.25. The predicted molar refractivity (Wildman–Crippen MR) is 129 cm³/mol. The highest BCUT2D eigenvalue weighted by Gasteiger charge is 2.40. The molecule has 2 bridgehead atoms. The first-order chi connectivity index (χ1) is 15.7. The molecular weight excluding hydrogens is 458 g/mol. The van der Waals surface area contributed by atoms with Crippen LogP contribution in [0.25, 0.3) is 0 Å². The van der Waals surface area contributed by atoms with Gasteiger partial charge in [0, 0.05) is 25.2 Å². The summed E-state index contributed by atoms with van der Waals surface area (Å²) in [6, 6.07) is 8.33. The van der Waals surface area contributed by atoms with Crippen molar-refractivity contribution in [3.63, 3.8) is 0 Å². The first-order valence-corrected chi connectivity index (χ1v) is 13.5. The maximum Gasteiger partial charge on any atom is 0.339 e. The molecule has 33 heavy (non-hydrogen) atoms. The summed E-state index contributed by atoms with van der Waals surface area (Å²) in [5, 5.41) is 18.2. The standard InChI is InChI=1S/C24H29N3O4S2/c1-14-5-11-18(12-6-14)33(29,30)31-23-20(32-24-25-27(4)15(2)26(24)3)13-19(28)21-16-7-9-17(10-8-16)22(21)23/h5-6,11-13,15-17,28H,7-10H2,1-4H3. The molecule has 0 amide bonds. The van der Waals surface area contributed by atoms with E-state index in [9.17, 15) is 13.5 Å². The van der Waals surface area contributed by atoms with E-state index in [4.69, 9.17) is 4.18 Å². The molecule has 7 nitrogen and oxygen atoms in total. The maximum absolute atomic E-state index is 13.3. The molecular formula is C24H29N3O4S2. The molecule has 0 spiro atoms. The molecule has 1 fully saturated rings. The molecule has 4 aliphatic rings. The molecule has 3 aliphatic carbocycles. The molecule has 2 aromatic rings. The quantitative estimate of drug-likeness (QED) is 0.620. The number of nitrogens with zero attached hydrogens (tertiary/aromatic N) is 3. The Morgan fingerprint density at radius 3 is 2.24 bits per heavy atom. The van der Waals surface area contributed by atoms with Crippen molar-refractivity contribution in [1.29, 1.82) is 0 Å². The zero-order valence-electron chi connectivity index (χ0n) is 19.3. The zero-order valence-corrected chi connectivity index (χ0v) is 20.9. The SMILES string of the molecule is Cc1ccc(S(=O)(=O)Oc2c(SC3=NN(C)C(C)N3C)cc(O)c3c2C2CCC3CC2)cc1. The first kappa shape index (κ1) is 22.4. The zero-order chi connectivity index (χ0) is 23.5. The molecule has 0 aromatic heterocycles. The van der Waals surface area contributed by atoms with Crippen LogP contribution >= 0.6 is 11.8 Å². The molecule has 1 atom stereocenters. The van der Waals surface area contributed by atoms with E-state index in [-0.39, 0.29) is 28.6 Å². The fourth-order valence-electron chi connectivity index (χ4n) is 5.08. The van der Waals surface area contributed by atoms with Crippen molar-refractivity contribution in [2.45, 2.75) is 67.3 Å². The fourth-order valence-corrected chi connectivity index (χ4v) is 7.18. The normalized spacial score (nSPS) is 24.1. The van der Waals surface area contributed by atoms with Gasteiger partial charge in [0.05, 0.1) is 4.90 Å². The van der Waals surface area contributed by atoms with Gasteiger partial charge in [0.25, 0.3) is 0 Å². The number of aryl methyl sites for hydroxylation is 1. The molecule has 9 heteroatoms. The third kappa shape index (κ3) is 3.85. The Bertz CT molecular complexity index is 1220.